The van der Waals surface area contributed by atoms with Gasteiger partial charge < -0.3 is 14.5 Å². The molecule has 0 aromatic carbocycles. The predicted molar refractivity (Wildman–Crippen MR) is 65.9 cm³/mol. The van der Waals surface area contributed by atoms with Crippen molar-refractivity contribution in [3.05, 3.63) is 23.1 Å². The second-order valence-corrected chi connectivity index (χ2v) is 4.68. The van der Waals surface area contributed by atoms with Gasteiger partial charge in [-0.15, -0.1) is 0 Å². The van der Waals surface area contributed by atoms with Gasteiger partial charge in [-0.3, -0.25) is 9.59 Å². The second kappa shape index (κ2) is 6.09. The molecule has 1 N–H and O–H groups in total. The number of hydrogen-bond donors (Lipinski definition) is 1. The van der Waals surface area contributed by atoms with Crippen LogP contribution in [-0.4, -0.2) is 29.5 Å². The van der Waals surface area contributed by atoms with Gasteiger partial charge in [0.1, 0.15) is 3.92 Å². The summed E-state index contributed by atoms with van der Waals surface area (Å²) in [5.41, 5.74) is 0. The highest BCUT2D eigenvalue weighted by Crippen LogP contribution is 2.12. The summed E-state index contributed by atoms with van der Waals surface area (Å²) in [4.78, 5) is 22.5. The van der Waals surface area contributed by atoms with Crippen LogP contribution in [0.5, 0.6) is 0 Å². The number of rotatable bonds is 4. The first-order chi connectivity index (χ1) is 7.54. The highest BCUT2D eigenvalue weighted by atomic mass is 127. The number of amides is 1. The number of carbonyl (C=O) groups excluding carboxylic acids is 2. The highest BCUT2D eigenvalue weighted by Gasteiger charge is 2.17. The molecular weight excluding hydrogens is 348 g/mol. The number of ether oxygens (including phenoxy) is 1. The van der Waals surface area contributed by atoms with Crippen molar-refractivity contribution in [2.24, 2.45) is 0 Å². The Bertz CT molecular complexity index is 393. The molecule has 0 aliphatic rings. The standard InChI is InChI=1S/C9H9ClINO4/c1-15-9(14)5(11)4-12-8(13)6-2-3-7(10)16-6/h2-3,5H,4H2,1H3,(H,12,13). The van der Waals surface area contributed by atoms with E-state index in [9.17, 15) is 9.59 Å². The molecule has 0 aliphatic heterocycles. The molecule has 1 unspecified atom stereocenters. The van der Waals surface area contributed by atoms with E-state index >= 15 is 0 Å². The number of furan rings is 1. The van der Waals surface area contributed by atoms with Crippen molar-refractivity contribution < 1.29 is 18.7 Å². The van der Waals surface area contributed by atoms with Gasteiger partial charge in [-0.2, -0.15) is 0 Å². The molecule has 0 saturated heterocycles. The second-order valence-electron chi connectivity index (χ2n) is 2.80. The molecule has 16 heavy (non-hydrogen) atoms. The van der Waals surface area contributed by atoms with Crippen molar-refractivity contribution in [2.45, 2.75) is 3.92 Å². The molecule has 1 heterocycles. The lowest BCUT2D eigenvalue weighted by Crippen LogP contribution is -2.33. The van der Waals surface area contributed by atoms with E-state index < -0.39 is 15.8 Å². The first-order valence-electron chi connectivity index (χ1n) is 4.30. The zero-order valence-corrected chi connectivity index (χ0v) is 11.2. The summed E-state index contributed by atoms with van der Waals surface area (Å²) in [5, 5.41) is 2.67. The Labute approximate surface area is 111 Å². The van der Waals surface area contributed by atoms with Crippen molar-refractivity contribution in [2.75, 3.05) is 13.7 Å². The summed E-state index contributed by atoms with van der Waals surface area (Å²) < 4.78 is 8.98. The molecule has 1 aromatic rings. The van der Waals surface area contributed by atoms with E-state index in [0.717, 1.165) is 0 Å². The summed E-state index contributed by atoms with van der Waals surface area (Å²) >= 11 is 7.40. The molecule has 1 rings (SSSR count). The van der Waals surface area contributed by atoms with Gasteiger partial charge in [0.2, 0.25) is 0 Å². The first-order valence-corrected chi connectivity index (χ1v) is 5.92. The number of halogens is 2. The topological polar surface area (TPSA) is 68.5 Å². The number of hydrogen-bond acceptors (Lipinski definition) is 4. The van der Waals surface area contributed by atoms with Gasteiger partial charge in [0.25, 0.3) is 5.91 Å². The fourth-order valence-electron chi connectivity index (χ4n) is 0.917. The molecule has 0 fully saturated rings. The van der Waals surface area contributed by atoms with Crippen molar-refractivity contribution in [3.63, 3.8) is 0 Å². The average Bonchev–Trinajstić information content (AvgIpc) is 2.71. The number of carbonyl (C=O) groups is 2. The minimum absolute atomic E-state index is 0.110. The lowest BCUT2D eigenvalue weighted by molar-refractivity contribution is -0.139. The minimum atomic E-state index is -0.433. The SMILES string of the molecule is COC(=O)C(I)CNC(=O)c1ccc(Cl)o1. The Morgan fingerprint density at radius 3 is 2.81 bits per heavy atom. The van der Waals surface area contributed by atoms with Gasteiger partial charge in [0, 0.05) is 6.54 Å². The Hall–Kier alpha value is -0.760. The Balaban J connectivity index is 2.44. The highest BCUT2D eigenvalue weighted by molar-refractivity contribution is 14.1. The van der Waals surface area contributed by atoms with Crippen molar-refractivity contribution >= 4 is 46.1 Å². The lowest BCUT2D eigenvalue weighted by atomic mass is 10.4. The van der Waals surface area contributed by atoms with E-state index in [4.69, 9.17) is 16.0 Å². The zero-order valence-electron chi connectivity index (χ0n) is 8.33. The third kappa shape index (κ3) is 3.67. The smallest absolute Gasteiger partial charge is 0.320 e. The minimum Gasteiger partial charge on any atom is -0.468 e. The van der Waals surface area contributed by atoms with E-state index in [1.54, 1.807) is 0 Å². The molecule has 0 bridgehead atoms. The molecule has 0 saturated carbocycles. The molecular formula is C9H9ClINO4. The van der Waals surface area contributed by atoms with Crippen LogP contribution in [0.25, 0.3) is 0 Å². The van der Waals surface area contributed by atoms with Crippen LogP contribution in [0.4, 0.5) is 0 Å². The largest absolute Gasteiger partial charge is 0.468 e. The number of alkyl halides is 1. The maximum Gasteiger partial charge on any atom is 0.320 e. The van der Waals surface area contributed by atoms with E-state index in [2.05, 4.69) is 10.1 Å². The molecule has 7 heteroatoms. The van der Waals surface area contributed by atoms with Crippen LogP contribution in [0.3, 0.4) is 0 Å². The third-order valence-electron chi connectivity index (χ3n) is 1.70. The number of nitrogens with one attached hydrogen (secondary N) is 1. The van der Waals surface area contributed by atoms with Gasteiger partial charge in [-0.1, -0.05) is 22.6 Å². The fourth-order valence-corrected chi connectivity index (χ4v) is 1.54. The number of methoxy groups -OCH3 is 1. The maximum absolute atomic E-state index is 11.5. The summed E-state index contributed by atoms with van der Waals surface area (Å²) in [7, 11) is 1.29. The predicted octanol–water partition coefficient (Wildman–Crippen LogP) is 1.64. The normalized spacial score (nSPS) is 11.9. The van der Waals surface area contributed by atoms with Crippen LogP contribution in [0.2, 0.25) is 5.22 Å². The van der Waals surface area contributed by atoms with E-state index in [0.29, 0.717) is 0 Å². The van der Waals surface area contributed by atoms with Gasteiger partial charge >= 0.3 is 5.97 Å². The first kappa shape index (κ1) is 13.3. The molecule has 0 spiro atoms. The summed E-state index contributed by atoms with van der Waals surface area (Å²) in [5.74, 6) is -0.700. The van der Waals surface area contributed by atoms with E-state index in [-0.39, 0.29) is 17.5 Å². The summed E-state index contributed by atoms with van der Waals surface area (Å²) in [6.07, 6.45) is 0. The van der Waals surface area contributed by atoms with Gasteiger partial charge in [-0.25, -0.2) is 0 Å². The van der Waals surface area contributed by atoms with Crippen molar-refractivity contribution in [1.82, 2.24) is 5.32 Å². The van der Waals surface area contributed by atoms with Crippen LogP contribution in [-0.2, 0) is 9.53 Å². The summed E-state index contributed by atoms with van der Waals surface area (Å²) in [6, 6.07) is 2.93. The van der Waals surface area contributed by atoms with Crippen molar-refractivity contribution in [1.29, 1.82) is 0 Å². The van der Waals surface area contributed by atoms with Crippen LogP contribution in [0.15, 0.2) is 16.5 Å². The van der Waals surface area contributed by atoms with Crippen LogP contribution in [0, 0.1) is 0 Å². The van der Waals surface area contributed by atoms with Gasteiger partial charge in [-0.05, 0) is 23.7 Å². The quantitative estimate of drug-likeness (QED) is 0.505. The van der Waals surface area contributed by atoms with Gasteiger partial charge in [0.15, 0.2) is 11.0 Å². The molecule has 0 aliphatic carbocycles. The molecule has 1 aromatic heterocycles. The molecule has 88 valence electrons. The monoisotopic (exact) mass is 357 g/mol. The van der Waals surface area contributed by atoms with Crippen LogP contribution < -0.4 is 5.32 Å². The Kier molecular flexibility index (Phi) is 5.07. The molecule has 5 nitrogen and oxygen atoms in total. The molecule has 0 radical (unpaired) electrons. The maximum atomic E-state index is 11.5. The summed E-state index contributed by atoms with van der Waals surface area (Å²) in [6.45, 7) is 0.171. The van der Waals surface area contributed by atoms with Crippen LogP contribution >= 0.6 is 34.2 Å². The molecule has 1 amide bonds. The lowest BCUT2D eigenvalue weighted by Gasteiger charge is -2.07. The van der Waals surface area contributed by atoms with E-state index in [1.165, 1.54) is 19.2 Å². The average molecular weight is 358 g/mol. The number of esters is 1. The fraction of sp³-hybridized carbons (Fsp3) is 0.333. The zero-order chi connectivity index (χ0) is 12.1. The molecule has 1 atom stereocenters. The third-order valence-corrected chi connectivity index (χ3v) is 2.85. The van der Waals surface area contributed by atoms with Crippen LogP contribution in [0.1, 0.15) is 10.6 Å². The van der Waals surface area contributed by atoms with E-state index in [1.807, 2.05) is 22.6 Å². The van der Waals surface area contributed by atoms with Crippen molar-refractivity contribution in [3.8, 4) is 0 Å². The Morgan fingerprint density at radius 1 is 1.62 bits per heavy atom. The Morgan fingerprint density at radius 2 is 2.31 bits per heavy atom. The van der Waals surface area contributed by atoms with Gasteiger partial charge in [0.05, 0.1) is 7.11 Å².